The molecule has 1 heterocycles. The molecular weight excluding hydrogens is 312 g/mol. The van der Waals surface area contributed by atoms with Gasteiger partial charge in [-0.05, 0) is 50.0 Å². The van der Waals surface area contributed by atoms with E-state index in [0.29, 0.717) is 22.6 Å². The predicted octanol–water partition coefficient (Wildman–Crippen LogP) is 3.20. The number of rotatable bonds is 6. The van der Waals surface area contributed by atoms with Crippen molar-refractivity contribution in [2.45, 2.75) is 26.2 Å². The lowest BCUT2D eigenvalue weighted by atomic mass is 10.1. The molecule has 1 aromatic carbocycles. The molecule has 1 atom stereocenters. The second-order valence-electron chi connectivity index (χ2n) is 6.17. The van der Waals surface area contributed by atoms with Gasteiger partial charge in [0.05, 0.1) is 12.1 Å². The van der Waals surface area contributed by atoms with Gasteiger partial charge in [0, 0.05) is 18.8 Å². The molecule has 23 heavy (non-hydrogen) atoms. The number of aliphatic imine (C=N–C) groups is 1. The average molecular weight is 339 g/mol. The van der Waals surface area contributed by atoms with E-state index in [-0.39, 0.29) is 0 Å². The number of ether oxygens (including phenoxy) is 1. The van der Waals surface area contributed by atoms with Crippen LogP contribution in [0.15, 0.2) is 23.2 Å². The summed E-state index contributed by atoms with van der Waals surface area (Å²) in [6.07, 6.45) is 4.00. The molecular formula is C17H27ClN4O. The molecule has 0 bridgehead atoms. The molecule has 0 saturated carbocycles. The van der Waals surface area contributed by atoms with Crippen molar-refractivity contribution in [3.05, 3.63) is 23.2 Å². The summed E-state index contributed by atoms with van der Waals surface area (Å²) in [5, 5.41) is 3.61. The average Bonchev–Trinajstić information content (AvgIpc) is 2.54. The molecule has 6 heteroatoms. The topological polar surface area (TPSA) is 62.9 Å². The van der Waals surface area contributed by atoms with Crippen molar-refractivity contribution in [2.75, 3.05) is 38.6 Å². The van der Waals surface area contributed by atoms with E-state index in [1.54, 1.807) is 19.2 Å². The lowest BCUT2D eigenvalue weighted by molar-refractivity contribution is 0.203. The summed E-state index contributed by atoms with van der Waals surface area (Å²) >= 11 is 6.10. The molecule has 1 unspecified atom stereocenters. The van der Waals surface area contributed by atoms with E-state index in [9.17, 15) is 0 Å². The number of piperidine rings is 1. The monoisotopic (exact) mass is 338 g/mol. The van der Waals surface area contributed by atoms with Crippen molar-refractivity contribution < 1.29 is 4.74 Å². The quantitative estimate of drug-likeness (QED) is 0.617. The van der Waals surface area contributed by atoms with Crippen LogP contribution in [0.2, 0.25) is 5.02 Å². The highest BCUT2D eigenvalue weighted by Crippen LogP contribution is 2.27. The van der Waals surface area contributed by atoms with E-state index < -0.39 is 0 Å². The fourth-order valence-electron chi connectivity index (χ4n) is 2.83. The molecule has 0 aromatic heterocycles. The van der Waals surface area contributed by atoms with Gasteiger partial charge in [-0.2, -0.15) is 0 Å². The summed E-state index contributed by atoms with van der Waals surface area (Å²) in [6.45, 7) is 6.46. The van der Waals surface area contributed by atoms with Gasteiger partial charge in [0.15, 0.2) is 5.96 Å². The van der Waals surface area contributed by atoms with Crippen LogP contribution in [0.5, 0.6) is 5.75 Å². The number of nitrogens with two attached hydrogens (primary N) is 1. The first-order chi connectivity index (χ1) is 11.1. The lowest BCUT2D eigenvalue weighted by Crippen LogP contribution is -2.34. The Bertz CT molecular complexity index is 529. The van der Waals surface area contributed by atoms with E-state index in [2.05, 4.69) is 22.1 Å². The number of hydrogen-bond donors (Lipinski definition) is 2. The summed E-state index contributed by atoms with van der Waals surface area (Å²) in [5.74, 6) is 1.55. The molecule has 0 aliphatic carbocycles. The Morgan fingerprint density at radius 3 is 2.78 bits per heavy atom. The number of guanidine groups is 1. The summed E-state index contributed by atoms with van der Waals surface area (Å²) in [6, 6.07) is 5.45. The Morgan fingerprint density at radius 1 is 1.39 bits per heavy atom. The first kappa shape index (κ1) is 17.9. The SMILES string of the molecule is COc1ccc(NC(N)=NCC(C)CN2CCCCC2)cc1Cl. The second-order valence-corrected chi connectivity index (χ2v) is 6.57. The molecule has 5 nitrogen and oxygen atoms in total. The van der Waals surface area contributed by atoms with Crippen molar-refractivity contribution in [1.82, 2.24) is 4.90 Å². The summed E-state index contributed by atoms with van der Waals surface area (Å²) in [5.41, 5.74) is 6.76. The van der Waals surface area contributed by atoms with E-state index >= 15 is 0 Å². The molecule has 0 spiro atoms. The molecule has 0 radical (unpaired) electrons. The van der Waals surface area contributed by atoms with Gasteiger partial charge in [-0.15, -0.1) is 0 Å². The molecule has 128 valence electrons. The molecule has 1 aliphatic rings. The number of hydrogen-bond acceptors (Lipinski definition) is 3. The van der Waals surface area contributed by atoms with Gasteiger partial charge < -0.3 is 20.7 Å². The largest absolute Gasteiger partial charge is 0.495 e. The number of halogens is 1. The molecule has 2 rings (SSSR count). The zero-order valence-electron chi connectivity index (χ0n) is 14.0. The Kier molecular flexibility index (Phi) is 6.99. The van der Waals surface area contributed by atoms with Crippen LogP contribution in [-0.4, -0.2) is 44.1 Å². The van der Waals surface area contributed by atoms with Gasteiger partial charge in [-0.3, -0.25) is 4.99 Å². The van der Waals surface area contributed by atoms with E-state index in [0.717, 1.165) is 18.8 Å². The Labute approximate surface area is 143 Å². The molecule has 1 saturated heterocycles. The van der Waals surface area contributed by atoms with Crippen LogP contribution in [0.4, 0.5) is 5.69 Å². The van der Waals surface area contributed by atoms with E-state index in [4.69, 9.17) is 22.1 Å². The molecule has 3 N–H and O–H groups in total. The minimum Gasteiger partial charge on any atom is -0.495 e. The Morgan fingerprint density at radius 2 is 2.13 bits per heavy atom. The van der Waals surface area contributed by atoms with Crippen LogP contribution in [0.25, 0.3) is 0 Å². The second kappa shape index (κ2) is 8.99. The third kappa shape index (κ3) is 5.92. The third-order valence-electron chi connectivity index (χ3n) is 4.02. The predicted molar refractivity (Wildman–Crippen MR) is 97.6 cm³/mol. The highest BCUT2D eigenvalue weighted by molar-refractivity contribution is 6.32. The first-order valence-electron chi connectivity index (χ1n) is 8.21. The van der Waals surface area contributed by atoms with Gasteiger partial charge in [0.25, 0.3) is 0 Å². The maximum absolute atomic E-state index is 6.10. The number of benzene rings is 1. The normalized spacial score (nSPS) is 17.8. The molecule has 1 aliphatic heterocycles. The lowest BCUT2D eigenvalue weighted by Gasteiger charge is -2.28. The highest BCUT2D eigenvalue weighted by atomic mass is 35.5. The van der Waals surface area contributed by atoms with Crippen molar-refractivity contribution in [1.29, 1.82) is 0 Å². The van der Waals surface area contributed by atoms with E-state index in [1.165, 1.54) is 32.4 Å². The van der Waals surface area contributed by atoms with Crippen molar-refractivity contribution in [3.8, 4) is 5.75 Å². The summed E-state index contributed by atoms with van der Waals surface area (Å²) in [7, 11) is 1.59. The summed E-state index contributed by atoms with van der Waals surface area (Å²) < 4.78 is 5.13. The number of nitrogens with one attached hydrogen (secondary N) is 1. The summed E-state index contributed by atoms with van der Waals surface area (Å²) in [4.78, 5) is 6.96. The maximum atomic E-state index is 6.10. The van der Waals surface area contributed by atoms with Gasteiger partial charge >= 0.3 is 0 Å². The number of anilines is 1. The van der Waals surface area contributed by atoms with Crippen LogP contribution >= 0.6 is 11.6 Å². The van der Waals surface area contributed by atoms with Crippen LogP contribution in [0.3, 0.4) is 0 Å². The smallest absolute Gasteiger partial charge is 0.193 e. The van der Waals surface area contributed by atoms with Crippen LogP contribution in [0, 0.1) is 5.92 Å². The van der Waals surface area contributed by atoms with Gasteiger partial charge in [0.2, 0.25) is 0 Å². The zero-order valence-corrected chi connectivity index (χ0v) is 14.8. The van der Waals surface area contributed by atoms with Gasteiger partial charge in [-0.1, -0.05) is 24.9 Å². The molecule has 1 fully saturated rings. The number of methoxy groups -OCH3 is 1. The Balaban J connectivity index is 1.81. The maximum Gasteiger partial charge on any atom is 0.193 e. The van der Waals surface area contributed by atoms with Crippen LogP contribution in [0.1, 0.15) is 26.2 Å². The van der Waals surface area contributed by atoms with Crippen molar-refractivity contribution in [3.63, 3.8) is 0 Å². The standard InChI is InChI=1S/C17H27ClN4O/c1-13(12-22-8-4-3-5-9-22)11-20-17(19)21-14-6-7-16(23-2)15(18)10-14/h6-7,10,13H,3-5,8-9,11-12H2,1-2H3,(H3,19,20,21). The zero-order chi connectivity index (χ0) is 16.7. The Hall–Kier alpha value is -1.46. The van der Waals surface area contributed by atoms with Crippen molar-refractivity contribution >= 4 is 23.2 Å². The minimum atomic E-state index is 0.414. The van der Waals surface area contributed by atoms with Gasteiger partial charge in [0.1, 0.15) is 5.75 Å². The molecule has 1 aromatic rings. The fourth-order valence-corrected chi connectivity index (χ4v) is 3.08. The third-order valence-corrected chi connectivity index (χ3v) is 4.31. The molecule has 0 amide bonds. The van der Waals surface area contributed by atoms with Crippen LogP contribution in [-0.2, 0) is 0 Å². The van der Waals surface area contributed by atoms with E-state index in [1.807, 2.05) is 6.07 Å². The highest BCUT2D eigenvalue weighted by Gasteiger charge is 2.13. The van der Waals surface area contributed by atoms with Crippen LogP contribution < -0.4 is 15.8 Å². The minimum absolute atomic E-state index is 0.414. The first-order valence-corrected chi connectivity index (χ1v) is 8.59. The van der Waals surface area contributed by atoms with Gasteiger partial charge in [-0.25, -0.2) is 0 Å². The van der Waals surface area contributed by atoms with Crippen molar-refractivity contribution in [2.24, 2.45) is 16.6 Å². The fraction of sp³-hybridized carbons (Fsp3) is 0.588. The number of nitrogens with zero attached hydrogens (tertiary/aromatic N) is 2. The number of likely N-dealkylation sites (tertiary alicyclic amines) is 1.